The second kappa shape index (κ2) is 7.59. The number of aryl methyl sites for hydroxylation is 1. The number of aliphatic hydroxyl groups excluding tert-OH is 1. The summed E-state index contributed by atoms with van der Waals surface area (Å²) in [5.41, 5.74) is 0. The molecule has 1 atom stereocenters. The van der Waals surface area contributed by atoms with Crippen LogP contribution in [0.5, 0.6) is 0 Å². The fraction of sp³-hybridized carbons (Fsp3) is 0.727. The maximum absolute atomic E-state index is 12.1. The van der Waals surface area contributed by atoms with Crippen molar-refractivity contribution in [1.29, 1.82) is 0 Å². The molecule has 7 nitrogen and oxygen atoms in total. The van der Waals surface area contributed by atoms with Crippen LogP contribution in [0.1, 0.15) is 19.8 Å². The van der Waals surface area contributed by atoms with E-state index >= 15 is 0 Å². The van der Waals surface area contributed by atoms with Crippen LogP contribution in [0.25, 0.3) is 0 Å². The maximum atomic E-state index is 12.1. The van der Waals surface area contributed by atoms with E-state index in [4.69, 9.17) is 9.84 Å². The molecule has 19 heavy (non-hydrogen) atoms. The Morgan fingerprint density at radius 2 is 2.32 bits per heavy atom. The second-order valence-corrected chi connectivity index (χ2v) is 5.91. The largest absolute Gasteiger partial charge is 0.396 e. The van der Waals surface area contributed by atoms with Gasteiger partial charge in [-0.25, -0.2) is 13.1 Å². The number of aromatic nitrogens is 2. The van der Waals surface area contributed by atoms with Gasteiger partial charge in [0.25, 0.3) is 0 Å². The van der Waals surface area contributed by atoms with Crippen molar-refractivity contribution in [1.82, 2.24) is 14.5 Å². The van der Waals surface area contributed by atoms with Crippen molar-refractivity contribution in [2.75, 3.05) is 20.3 Å². The van der Waals surface area contributed by atoms with E-state index in [1.54, 1.807) is 0 Å². The van der Waals surface area contributed by atoms with Crippen molar-refractivity contribution in [3.63, 3.8) is 0 Å². The van der Waals surface area contributed by atoms with Gasteiger partial charge < -0.3 is 9.84 Å². The first-order chi connectivity index (χ1) is 9.03. The minimum Gasteiger partial charge on any atom is -0.396 e. The minimum absolute atomic E-state index is 0.0476. The molecule has 1 aromatic rings. The van der Waals surface area contributed by atoms with Crippen LogP contribution in [0.4, 0.5) is 0 Å². The standard InChI is InChI=1S/C11H21N3O4S/c1-3-10(9-18-2)13-19(16,17)11-7-12-14(8-11)5-4-6-15/h7-8,10,13,15H,3-6,9H2,1-2H3. The van der Waals surface area contributed by atoms with E-state index in [0.29, 0.717) is 26.0 Å². The molecule has 1 rings (SSSR count). The number of methoxy groups -OCH3 is 1. The van der Waals surface area contributed by atoms with Gasteiger partial charge in [-0.3, -0.25) is 4.68 Å². The summed E-state index contributed by atoms with van der Waals surface area (Å²) in [5, 5.41) is 12.7. The Balaban J connectivity index is 2.73. The first-order valence-electron chi connectivity index (χ1n) is 6.18. The van der Waals surface area contributed by atoms with Crippen molar-refractivity contribution in [2.45, 2.75) is 37.2 Å². The topological polar surface area (TPSA) is 93.5 Å². The molecule has 110 valence electrons. The lowest BCUT2D eigenvalue weighted by Crippen LogP contribution is -2.37. The van der Waals surface area contributed by atoms with Gasteiger partial charge in [0.1, 0.15) is 4.90 Å². The summed E-state index contributed by atoms with van der Waals surface area (Å²) in [5.74, 6) is 0. The van der Waals surface area contributed by atoms with E-state index < -0.39 is 10.0 Å². The Bertz CT molecular complexity index is 472. The lowest BCUT2D eigenvalue weighted by molar-refractivity contribution is 0.173. The summed E-state index contributed by atoms with van der Waals surface area (Å²) in [6.07, 6.45) is 3.94. The molecule has 2 N–H and O–H groups in total. The van der Waals surface area contributed by atoms with Crippen LogP contribution in [0.15, 0.2) is 17.3 Å². The van der Waals surface area contributed by atoms with Crippen LogP contribution in [-0.2, 0) is 21.3 Å². The second-order valence-electron chi connectivity index (χ2n) is 4.20. The molecule has 0 radical (unpaired) electrons. The fourth-order valence-corrected chi connectivity index (χ4v) is 2.82. The van der Waals surface area contributed by atoms with Gasteiger partial charge in [-0.2, -0.15) is 5.10 Å². The molecule has 0 amide bonds. The van der Waals surface area contributed by atoms with Gasteiger partial charge >= 0.3 is 0 Å². The van der Waals surface area contributed by atoms with Crippen LogP contribution < -0.4 is 4.72 Å². The molecule has 0 aliphatic heterocycles. The van der Waals surface area contributed by atoms with Crippen LogP contribution >= 0.6 is 0 Å². The number of aliphatic hydroxyl groups is 1. The summed E-state index contributed by atoms with van der Waals surface area (Å²) in [6.45, 7) is 2.75. The van der Waals surface area contributed by atoms with Gasteiger partial charge in [-0.05, 0) is 12.8 Å². The molecule has 0 aliphatic carbocycles. The summed E-state index contributed by atoms with van der Waals surface area (Å²) in [4.78, 5) is 0.125. The highest BCUT2D eigenvalue weighted by Gasteiger charge is 2.20. The van der Waals surface area contributed by atoms with Crippen LogP contribution in [0.2, 0.25) is 0 Å². The fourth-order valence-electron chi connectivity index (χ4n) is 1.56. The number of hydrogen-bond donors (Lipinski definition) is 2. The number of nitrogens with zero attached hydrogens (tertiary/aromatic N) is 2. The van der Waals surface area contributed by atoms with E-state index in [9.17, 15) is 8.42 Å². The van der Waals surface area contributed by atoms with Gasteiger partial charge in [-0.15, -0.1) is 0 Å². The third-order valence-corrected chi connectivity index (χ3v) is 4.12. The number of rotatable bonds is 9. The zero-order valence-electron chi connectivity index (χ0n) is 11.2. The monoisotopic (exact) mass is 291 g/mol. The Labute approximate surface area is 113 Å². The first kappa shape index (κ1) is 16.1. The van der Waals surface area contributed by atoms with E-state index in [1.807, 2.05) is 6.92 Å². The first-order valence-corrected chi connectivity index (χ1v) is 7.66. The Morgan fingerprint density at radius 3 is 2.89 bits per heavy atom. The highest BCUT2D eigenvalue weighted by Crippen LogP contribution is 2.09. The molecule has 0 saturated carbocycles. The SMILES string of the molecule is CCC(COC)NS(=O)(=O)c1cnn(CCCO)c1. The highest BCUT2D eigenvalue weighted by atomic mass is 32.2. The van der Waals surface area contributed by atoms with Crippen LogP contribution in [0, 0.1) is 0 Å². The normalized spacial score (nSPS) is 13.6. The molecule has 1 unspecified atom stereocenters. The third kappa shape index (κ3) is 4.90. The van der Waals surface area contributed by atoms with Crippen molar-refractivity contribution in [3.05, 3.63) is 12.4 Å². The van der Waals surface area contributed by atoms with Crippen molar-refractivity contribution in [2.24, 2.45) is 0 Å². The Kier molecular flexibility index (Phi) is 6.43. The molecule has 1 aromatic heterocycles. The molecule has 1 heterocycles. The van der Waals surface area contributed by atoms with E-state index in [1.165, 1.54) is 24.2 Å². The van der Waals surface area contributed by atoms with Crippen LogP contribution in [0.3, 0.4) is 0 Å². The van der Waals surface area contributed by atoms with Crippen LogP contribution in [-0.4, -0.2) is 49.7 Å². The van der Waals surface area contributed by atoms with E-state index in [0.717, 1.165) is 0 Å². The zero-order chi connectivity index (χ0) is 14.3. The van der Waals surface area contributed by atoms with Gasteiger partial charge in [-0.1, -0.05) is 6.92 Å². The average Bonchev–Trinajstić information content (AvgIpc) is 2.85. The van der Waals surface area contributed by atoms with E-state index in [-0.39, 0.29) is 17.5 Å². The van der Waals surface area contributed by atoms with Crippen molar-refractivity contribution < 1.29 is 18.3 Å². The number of ether oxygens (including phenoxy) is 1. The molecule has 0 aliphatic rings. The molecule has 0 saturated heterocycles. The smallest absolute Gasteiger partial charge is 0.244 e. The summed E-state index contributed by atoms with van der Waals surface area (Å²) in [6, 6.07) is -0.254. The zero-order valence-corrected chi connectivity index (χ0v) is 12.1. The minimum atomic E-state index is -3.57. The summed E-state index contributed by atoms with van der Waals surface area (Å²) >= 11 is 0. The molecular weight excluding hydrogens is 270 g/mol. The summed E-state index contributed by atoms with van der Waals surface area (Å²) in [7, 11) is -2.04. The van der Waals surface area contributed by atoms with Crippen molar-refractivity contribution in [3.8, 4) is 0 Å². The number of hydrogen-bond acceptors (Lipinski definition) is 5. The number of nitrogens with one attached hydrogen (secondary N) is 1. The quantitative estimate of drug-likeness (QED) is 0.666. The predicted octanol–water partition coefficient (Wildman–Crippen LogP) is -0.0312. The molecule has 0 fully saturated rings. The predicted molar refractivity (Wildman–Crippen MR) is 70.2 cm³/mol. The van der Waals surface area contributed by atoms with Gasteiger partial charge in [0.05, 0.1) is 12.8 Å². The van der Waals surface area contributed by atoms with Gasteiger partial charge in [0.2, 0.25) is 10.0 Å². The summed E-state index contributed by atoms with van der Waals surface area (Å²) < 4.78 is 33.2. The van der Waals surface area contributed by atoms with Crippen molar-refractivity contribution >= 4 is 10.0 Å². The lowest BCUT2D eigenvalue weighted by Gasteiger charge is -2.15. The molecule has 0 bridgehead atoms. The Morgan fingerprint density at radius 1 is 1.58 bits per heavy atom. The average molecular weight is 291 g/mol. The maximum Gasteiger partial charge on any atom is 0.244 e. The van der Waals surface area contributed by atoms with E-state index in [2.05, 4.69) is 9.82 Å². The molecule has 8 heteroatoms. The third-order valence-electron chi connectivity index (χ3n) is 2.65. The molecule has 0 spiro atoms. The molecule has 0 aromatic carbocycles. The lowest BCUT2D eigenvalue weighted by atomic mass is 10.3. The van der Waals surface area contributed by atoms with Gasteiger partial charge in [0, 0.05) is 32.5 Å². The Hall–Kier alpha value is -0.960. The number of sulfonamides is 1. The highest BCUT2D eigenvalue weighted by molar-refractivity contribution is 7.89. The van der Waals surface area contributed by atoms with Gasteiger partial charge in [0.15, 0.2) is 0 Å². The molecular formula is C11H21N3O4S.